The fourth-order valence-electron chi connectivity index (χ4n) is 2.44. The van der Waals surface area contributed by atoms with Crippen molar-refractivity contribution in [2.75, 3.05) is 6.61 Å². The van der Waals surface area contributed by atoms with Gasteiger partial charge < -0.3 is 9.30 Å². The van der Waals surface area contributed by atoms with Crippen molar-refractivity contribution in [2.24, 2.45) is 0 Å². The van der Waals surface area contributed by atoms with Crippen molar-refractivity contribution in [2.45, 2.75) is 13.5 Å². The first-order chi connectivity index (χ1) is 10.7. The van der Waals surface area contributed by atoms with Crippen molar-refractivity contribution in [3.8, 4) is 0 Å². The van der Waals surface area contributed by atoms with Crippen LogP contribution in [0.5, 0.6) is 0 Å². The van der Waals surface area contributed by atoms with E-state index in [1.165, 1.54) is 12.1 Å². The minimum absolute atomic E-state index is 0.290. The summed E-state index contributed by atoms with van der Waals surface area (Å²) in [4.78, 5) is 16.4. The van der Waals surface area contributed by atoms with E-state index in [0.717, 1.165) is 11.2 Å². The molecule has 0 aliphatic carbocycles. The van der Waals surface area contributed by atoms with Crippen LogP contribution >= 0.6 is 0 Å². The third-order valence-electron chi connectivity index (χ3n) is 3.39. The van der Waals surface area contributed by atoms with Gasteiger partial charge in [-0.05, 0) is 43.3 Å². The number of hydrogen-bond donors (Lipinski definition) is 0. The second-order valence-electron chi connectivity index (χ2n) is 4.86. The number of aromatic nitrogens is 2. The molecule has 0 radical (unpaired) electrons. The van der Waals surface area contributed by atoms with Gasteiger partial charge in [-0.25, -0.2) is 9.18 Å². The van der Waals surface area contributed by atoms with Crippen LogP contribution in [0.15, 0.2) is 48.7 Å². The van der Waals surface area contributed by atoms with Crippen LogP contribution in [-0.4, -0.2) is 22.1 Å². The van der Waals surface area contributed by atoms with E-state index in [9.17, 15) is 9.18 Å². The van der Waals surface area contributed by atoms with Crippen LogP contribution in [0.1, 0.15) is 23.1 Å². The van der Waals surface area contributed by atoms with E-state index in [1.54, 1.807) is 29.8 Å². The number of esters is 1. The van der Waals surface area contributed by atoms with Crippen molar-refractivity contribution in [3.63, 3.8) is 0 Å². The monoisotopic (exact) mass is 298 g/mol. The number of benzene rings is 1. The minimum Gasteiger partial charge on any atom is -0.461 e. The van der Waals surface area contributed by atoms with Crippen LogP contribution in [0.4, 0.5) is 4.39 Å². The number of nitrogens with zero attached hydrogens (tertiary/aromatic N) is 2. The van der Waals surface area contributed by atoms with Crippen molar-refractivity contribution in [1.29, 1.82) is 0 Å². The van der Waals surface area contributed by atoms with E-state index < -0.39 is 5.97 Å². The molecule has 4 nitrogen and oxygen atoms in total. The largest absolute Gasteiger partial charge is 0.461 e. The van der Waals surface area contributed by atoms with Gasteiger partial charge in [-0.3, -0.25) is 4.98 Å². The zero-order valence-electron chi connectivity index (χ0n) is 12.1. The number of carbonyl (C=O) groups excluding carboxylic acids is 1. The molecule has 0 N–H and O–H groups in total. The van der Waals surface area contributed by atoms with E-state index in [1.807, 2.05) is 18.2 Å². The molecule has 0 saturated carbocycles. The third-order valence-corrected chi connectivity index (χ3v) is 3.39. The van der Waals surface area contributed by atoms with Crippen LogP contribution in [0.2, 0.25) is 0 Å². The Hall–Kier alpha value is -2.69. The number of pyridine rings is 1. The van der Waals surface area contributed by atoms with Crippen LogP contribution < -0.4 is 0 Å². The summed E-state index contributed by atoms with van der Waals surface area (Å²) >= 11 is 0. The Balaban J connectivity index is 2.12. The number of halogens is 1. The molecule has 112 valence electrons. The molecule has 0 fully saturated rings. The fourth-order valence-corrected chi connectivity index (χ4v) is 2.44. The van der Waals surface area contributed by atoms with Crippen molar-refractivity contribution >= 4 is 16.9 Å². The van der Waals surface area contributed by atoms with Crippen molar-refractivity contribution in [3.05, 3.63) is 65.9 Å². The molecule has 0 bridgehead atoms. The average Bonchev–Trinajstić information content (AvgIpc) is 2.86. The van der Waals surface area contributed by atoms with Gasteiger partial charge in [-0.2, -0.15) is 0 Å². The zero-order valence-corrected chi connectivity index (χ0v) is 12.1. The highest BCUT2D eigenvalue weighted by molar-refractivity contribution is 5.95. The van der Waals surface area contributed by atoms with Gasteiger partial charge in [-0.1, -0.05) is 6.07 Å². The van der Waals surface area contributed by atoms with E-state index in [-0.39, 0.29) is 12.4 Å². The summed E-state index contributed by atoms with van der Waals surface area (Å²) in [5.74, 6) is -0.757. The maximum atomic E-state index is 13.4. The Bertz CT molecular complexity index is 812. The van der Waals surface area contributed by atoms with Crippen molar-refractivity contribution < 1.29 is 13.9 Å². The molecule has 22 heavy (non-hydrogen) atoms. The summed E-state index contributed by atoms with van der Waals surface area (Å²) in [5.41, 5.74) is 1.98. The Kier molecular flexibility index (Phi) is 3.87. The fraction of sp³-hybridized carbons (Fsp3) is 0.176. The van der Waals surface area contributed by atoms with Gasteiger partial charge in [0.25, 0.3) is 0 Å². The van der Waals surface area contributed by atoms with Gasteiger partial charge in [0, 0.05) is 17.1 Å². The lowest BCUT2D eigenvalue weighted by molar-refractivity contribution is 0.0515. The second kappa shape index (κ2) is 5.97. The van der Waals surface area contributed by atoms with Gasteiger partial charge in [0.15, 0.2) is 0 Å². The highest BCUT2D eigenvalue weighted by Gasteiger charge is 2.17. The quantitative estimate of drug-likeness (QED) is 0.693. The molecule has 0 aliphatic heterocycles. The normalized spacial score (nSPS) is 10.8. The average molecular weight is 298 g/mol. The molecule has 3 rings (SSSR count). The smallest absolute Gasteiger partial charge is 0.354 e. The van der Waals surface area contributed by atoms with Gasteiger partial charge in [0.2, 0.25) is 0 Å². The lowest BCUT2D eigenvalue weighted by Crippen LogP contribution is -2.13. The third kappa shape index (κ3) is 2.70. The van der Waals surface area contributed by atoms with Gasteiger partial charge in [0.05, 0.1) is 18.8 Å². The Morgan fingerprint density at radius 1 is 1.27 bits per heavy atom. The lowest BCUT2D eigenvalue weighted by atomic mass is 10.2. The molecule has 0 unspecified atom stereocenters. The van der Waals surface area contributed by atoms with E-state index >= 15 is 0 Å². The van der Waals surface area contributed by atoms with Crippen LogP contribution in [0, 0.1) is 5.82 Å². The summed E-state index contributed by atoms with van der Waals surface area (Å²) in [5, 5.41) is 0.666. The van der Waals surface area contributed by atoms with Crippen LogP contribution in [0.3, 0.4) is 0 Å². The molecule has 3 aromatic rings. The number of carbonyl (C=O) groups is 1. The van der Waals surface area contributed by atoms with Crippen molar-refractivity contribution in [1.82, 2.24) is 9.55 Å². The molecule has 0 aliphatic rings. The molecule has 1 aromatic carbocycles. The molecule has 5 heteroatoms. The van der Waals surface area contributed by atoms with Gasteiger partial charge in [0.1, 0.15) is 11.5 Å². The molecule has 0 spiro atoms. The van der Waals surface area contributed by atoms with Crippen LogP contribution in [0.25, 0.3) is 10.9 Å². The standard InChI is InChI=1S/C17H15FN2O2/c1-2-22-17(21)16-10-12-9-13(18)6-7-15(12)20(16)11-14-5-3-4-8-19-14/h3-10H,2,11H2,1H3. The first kappa shape index (κ1) is 14.3. The Morgan fingerprint density at radius 3 is 2.86 bits per heavy atom. The highest BCUT2D eigenvalue weighted by Crippen LogP contribution is 2.23. The van der Waals surface area contributed by atoms with E-state index in [4.69, 9.17) is 4.74 Å². The molecule has 2 aromatic heterocycles. The topological polar surface area (TPSA) is 44.1 Å². The summed E-state index contributed by atoms with van der Waals surface area (Å²) < 4.78 is 20.3. The predicted molar refractivity (Wildman–Crippen MR) is 81.2 cm³/mol. The number of rotatable bonds is 4. The number of fused-ring (bicyclic) bond motifs is 1. The van der Waals surface area contributed by atoms with E-state index in [2.05, 4.69) is 4.98 Å². The van der Waals surface area contributed by atoms with Gasteiger partial charge in [-0.15, -0.1) is 0 Å². The summed E-state index contributed by atoms with van der Waals surface area (Å²) in [6, 6.07) is 11.7. The number of hydrogen-bond acceptors (Lipinski definition) is 3. The molecule has 2 heterocycles. The lowest BCUT2D eigenvalue weighted by Gasteiger charge is -2.09. The second-order valence-corrected chi connectivity index (χ2v) is 4.86. The Morgan fingerprint density at radius 2 is 2.14 bits per heavy atom. The van der Waals surface area contributed by atoms with Gasteiger partial charge >= 0.3 is 5.97 Å². The first-order valence-corrected chi connectivity index (χ1v) is 7.05. The SMILES string of the molecule is CCOC(=O)c1cc2cc(F)ccc2n1Cc1ccccn1. The summed E-state index contributed by atoms with van der Waals surface area (Å²) in [6.07, 6.45) is 1.70. The molecule has 0 atom stereocenters. The Labute approximate surface area is 127 Å². The van der Waals surface area contributed by atoms with Crippen LogP contribution in [-0.2, 0) is 11.3 Å². The maximum Gasteiger partial charge on any atom is 0.354 e. The summed E-state index contributed by atoms with van der Waals surface area (Å²) in [7, 11) is 0. The molecular formula is C17H15FN2O2. The van der Waals surface area contributed by atoms with E-state index in [0.29, 0.717) is 17.6 Å². The molecule has 0 saturated heterocycles. The minimum atomic E-state index is -0.421. The maximum absolute atomic E-state index is 13.4. The first-order valence-electron chi connectivity index (χ1n) is 7.05. The molecule has 0 amide bonds. The zero-order chi connectivity index (χ0) is 15.5. The predicted octanol–water partition coefficient (Wildman–Crippen LogP) is 3.40. The number of ether oxygens (including phenoxy) is 1. The highest BCUT2D eigenvalue weighted by atomic mass is 19.1. The summed E-state index contributed by atoms with van der Waals surface area (Å²) in [6.45, 7) is 2.46. The molecular weight excluding hydrogens is 283 g/mol.